The van der Waals surface area contributed by atoms with Gasteiger partial charge in [-0.15, -0.1) is 0 Å². The highest BCUT2D eigenvalue weighted by atomic mass is 79.9. The molecule has 0 aliphatic heterocycles. The maximum absolute atomic E-state index is 5.91. The lowest BCUT2D eigenvalue weighted by atomic mass is 9.86. The lowest BCUT2D eigenvalue weighted by Crippen LogP contribution is -2.53. The molecule has 1 heterocycles. The van der Waals surface area contributed by atoms with Gasteiger partial charge in [-0.1, -0.05) is 6.92 Å². The molecule has 2 atom stereocenters. The molecule has 1 aromatic rings. The Hall–Kier alpha value is -0.470. The van der Waals surface area contributed by atoms with Crippen molar-refractivity contribution in [2.45, 2.75) is 38.4 Å². The van der Waals surface area contributed by atoms with Gasteiger partial charge >= 0.3 is 0 Å². The number of nitrogens with zero attached hydrogens (tertiary/aromatic N) is 4. The number of halogens is 1. The van der Waals surface area contributed by atoms with E-state index in [2.05, 4.69) is 78.3 Å². The minimum Gasteiger partial charge on any atom is -0.308 e. The fourth-order valence-corrected chi connectivity index (χ4v) is 2.99. The van der Waals surface area contributed by atoms with Crippen LogP contribution in [0, 0.1) is 0 Å². The Morgan fingerprint density at radius 3 is 2.48 bits per heavy atom. The zero-order chi connectivity index (χ0) is 16.2. The van der Waals surface area contributed by atoms with Gasteiger partial charge in [-0.05, 0) is 57.5 Å². The Morgan fingerprint density at radius 1 is 1.43 bits per heavy atom. The molecular formula is C14H29BrN6. The monoisotopic (exact) mass is 360 g/mol. The number of hydrogen-bond acceptors (Lipinski definition) is 5. The average Bonchev–Trinajstić information content (AvgIpc) is 2.78. The third kappa shape index (κ3) is 4.04. The van der Waals surface area contributed by atoms with Crippen molar-refractivity contribution >= 4 is 15.9 Å². The highest BCUT2D eigenvalue weighted by Crippen LogP contribution is 2.35. The van der Waals surface area contributed by atoms with E-state index in [1.807, 2.05) is 10.9 Å². The first-order valence-corrected chi connectivity index (χ1v) is 8.06. The van der Waals surface area contributed by atoms with Crippen molar-refractivity contribution in [2.75, 3.05) is 34.7 Å². The van der Waals surface area contributed by atoms with E-state index in [-0.39, 0.29) is 11.6 Å². The second-order valence-corrected chi connectivity index (χ2v) is 6.96. The van der Waals surface area contributed by atoms with Crippen LogP contribution in [0.3, 0.4) is 0 Å². The summed E-state index contributed by atoms with van der Waals surface area (Å²) in [7, 11) is 8.30. The van der Waals surface area contributed by atoms with Crippen molar-refractivity contribution in [3.05, 3.63) is 16.4 Å². The van der Waals surface area contributed by atoms with Crippen molar-refractivity contribution in [3.8, 4) is 0 Å². The van der Waals surface area contributed by atoms with Crippen LogP contribution < -0.4 is 11.3 Å². The molecule has 0 radical (unpaired) electrons. The fraction of sp³-hybridized carbons (Fsp3) is 0.786. The van der Waals surface area contributed by atoms with Gasteiger partial charge in [-0.3, -0.25) is 10.5 Å². The quantitative estimate of drug-likeness (QED) is 0.542. The molecule has 3 N–H and O–H groups in total. The summed E-state index contributed by atoms with van der Waals surface area (Å²) in [6, 6.07) is -0.0171. The number of hydrazine groups is 1. The summed E-state index contributed by atoms with van der Waals surface area (Å²) in [6.07, 6.45) is 2.82. The predicted molar refractivity (Wildman–Crippen MR) is 90.9 cm³/mol. The largest absolute Gasteiger partial charge is 0.308 e. The highest BCUT2D eigenvalue weighted by molar-refractivity contribution is 9.10. The van der Waals surface area contributed by atoms with Crippen molar-refractivity contribution in [1.82, 2.24) is 25.0 Å². The molecule has 0 bridgehead atoms. The second-order valence-electron chi connectivity index (χ2n) is 6.11. The topological polar surface area (TPSA) is 62.4 Å². The van der Waals surface area contributed by atoms with Crippen LogP contribution in [0.5, 0.6) is 0 Å². The number of aromatic nitrogens is 2. The van der Waals surface area contributed by atoms with Crippen molar-refractivity contribution in [2.24, 2.45) is 5.84 Å². The molecule has 0 aromatic carbocycles. The molecule has 0 saturated carbocycles. The van der Waals surface area contributed by atoms with Crippen LogP contribution in [0.15, 0.2) is 10.7 Å². The molecule has 2 unspecified atom stereocenters. The Bertz CT molecular complexity index is 445. The zero-order valence-electron chi connectivity index (χ0n) is 14.0. The summed E-state index contributed by atoms with van der Waals surface area (Å²) in [4.78, 5) is 4.36. The molecule has 7 heteroatoms. The Labute approximate surface area is 136 Å². The number of nitrogens with two attached hydrogens (primary N) is 1. The standard InChI is InChI=1S/C14H29BrN6/c1-7-14(2,20(5)6)13(18-16)12-11(15)10-17-21(12)9-8-19(3)4/h10,13,18H,7-9,16H2,1-6H3. The van der Waals surface area contributed by atoms with Gasteiger partial charge in [-0.2, -0.15) is 5.10 Å². The smallest absolute Gasteiger partial charge is 0.0820 e. The summed E-state index contributed by atoms with van der Waals surface area (Å²) in [5.41, 5.74) is 3.99. The first kappa shape index (κ1) is 18.6. The Morgan fingerprint density at radius 2 is 2.05 bits per heavy atom. The van der Waals surface area contributed by atoms with Crippen LogP contribution in [0.4, 0.5) is 0 Å². The molecule has 6 nitrogen and oxygen atoms in total. The molecule has 0 aliphatic carbocycles. The Balaban J connectivity index is 3.19. The lowest BCUT2D eigenvalue weighted by Gasteiger charge is -2.42. The normalized spacial score (nSPS) is 16.5. The van der Waals surface area contributed by atoms with E-state index >= 15 is 0 Å². The van der Waals surface area contributed by atoms with Crippen molar-refractivity contribution in [1.29, 1.82) is 0 Å². The molecule has 0 spiro atoms. The average molecular weight is 361 g/mol. The van der Waals surface area contributed by atoms with Crippen LogP contribution in [0.2, 0.25) is 0 Å². The lowest BCUT2D eigenvalue weighted by molar-refractivity contribution is 0.107. The maximum Gasteiger partial charge on any atom is 0.0820 e. The van der Waals surface area contributed by atoms with E-state index < -0.39 is 0 Å². The van der Waals surface area contributed by atoms with Gasteiger partial charge in [0.15, 0.2) is 0 Å². The number of nitrogens with one attached hydrogen (secondary N) is 1. The summed E-state index contributed by atoms with van der Waals surface area (Å²) in [5.74, 6) is 5.91. The molecule has 0 amide bonds. The molecule has 122 valence electrons. The number of likely N-dealkylation sites (N-methyl/N-ethyl adjacent to an activating group) is 2. The van der Waals surface area contributed by atoms with Gasteiger partial charge in [0.1, 0.15) is 0 Å². The van der Waals surface area contributed by atoms with E-state index in [1.54, 1.807) is 0 Å². The number of rotatable bonds is 8. The van der Waals surface area contributed by atoms with Crippen LogP contribution in [0.25, 0.3) is 0 Å². The zero-order valence-corrected chi connectivity index (χ0v) is 15.6. The van der Waals surface area contributed by atoms with Crippen LogP contribution in [-0.4, -0.2) is 59.9 Å². The second kappa shape index (κ2) is 7.69. The molecule has 1 rings (SSSR count). The highest BCUT2D eigenvalue weighted by Gasteiger charge is 2.38. The van der Waals surface area contributed by atoms with E-state index in [9.17, 15) is 0 Å². The fourth-order valence-electron chi connectivity index (χ4n) is 2.46. The minimum absolute atomic E-state index is 0.0171. The SMILES string of the molecule is CCC(C)(C(NN)c1c(Br)cnn1CCN(C)C)N(C)C. The summed E-state index contributed by atoms with van der Waals surface area (Å²) < 4.78 is 3.03. The summed E-state index contributed by atoms with van der Waals surface area (Å²) in [5, 5.41) is 4.49. The van der Waals surface area contributed by atoms with Gasteiger partial charge in [0.25, 0.3) is 0 Å². The van der Waals surface area contributed by atoms with Crippen LogP contribution in [0.1, 0.15) is 32.0 Å². The van der Waals surface area contributed by atoms with E-state index in [0.717, 1.165) is 29.7 Å². The van der Waals surface area contributed by atoms with Crippen LogP contribution >= 0.6 is 15.9 Å². The van der Waals surface area contributed by atoms with Gasteiger partial charge in [0.05, 0.1) is 29.0 Å². The molecule has 0 saturated heterocycles. The maximum atomic E-state index is 5.91. The van der Waals surface area contributed by atoms with Crippen molar-refractivity contribution < 1.29 is 0 Å². The first-order valence-electron chi connectivity index (χ1n) is 7.27. The molecule has 21 heavy (non-hydrogen) atoms. The van der Waals surface area contributed by atoms with Gasteiger partial charge in [0, 0.05) is 12.1 Å². The third-order valence-corrected chi connectivity index (χ3v) is 5.00. The third-order valence-electron chi connectivity index (χ3n) is 4.39. The molecule has 0 fully saturated rings. The van der Waals surface area contributed by atoms with Gasteiger partial charge in [-0.25, -0.2) is 5.43 Å². The van der Waals surface area contributed by atoms with Crippen LogP contribution in [-0.2, 0) is 6.54 Å². The van der Waals surface area contributed by atoms with E-state index in [0.29, 0.717) is 0 Å². The van der Waals surface area contributed by atoms with Gasteiger partial charge in [0.2, 0.25) is 0 Å². The minimum atomic E-state index is -0.104. The molecular weight excluding hydrogens is 332 g/mol. The van der Waals surface area contributed by atoms with E-state index in [1.165, 1.54) is 0 Å². The first-order chi connectivity index (χ1) is 9.77. The van der Waals surface area contributed by atoms with E-state index in [4.69, 9.17) is 5.84 Å². The Kier molecular flexibility index (Phi) is 6.80. The number of hydrogen-bond donors (Lipinski definition) is 2. The van der Waals surface area contributed by atoms with Crippen molar-refractivity contribution in [3.63, 3.8) is 0 Å². The summed E-state index contributed by atoms with van der Waals surface area (Å²) in [6.45, 7) is 6.16. The molecule has 0 aliphatic rings. The van der Waals surface area contributed by atoms with Gasteiger partial charge < -0.3 is 9.80 Å². The predicted octanol–water partition coefficient (Wildman–Crippen LogP) is 1.44. The summed E-state index contributed by atoms with van der Waals surface area (Å²) >= 11 is 3.63. The molecule has 1 aromatic heterocycles.